The van der Waals surface area contributed by atoms with Crippen molar-refractivity contribution in [1.82, 2.24) is 9.97 Å². The van der Waals surface area contributed by atoms with E-state index >= 15 is 0 Å². The van der Waals surface area contributed by atoms with Crippen LogP contribution in [0.25, 0.3) is 11.0 Å². The summed E-state index contributed by atoms with van der Waals surface area (Å²) in [6, 6.07) is 5.84. The van der Waals surface area contributed by atoms with E-state index in [0.717, 1.165) is 47.0 Å². The fraction of sp³-hybridized carbons (Fsp3) is 0.467. The van der Waals surface area contributed by atoms with Gasteiger partial charge in [-0.3, -0.25) is 4.79 Å². The van der Waals surface area contributed by atoms with Gasteiger partial charge in [0.2, 0.25) is 0 Å². The Balaban J connectivity index is 1.81. The predicted molar refractivity (Wildman–Crippen MR) is 84.1 cm³/mol. The monoisotopic (exact) mass is 308 g/mol. The zero-order valence-electron chi connectivity index (χ0n) is 12.1. The molecule has 0 saturated carbocycles. The summed E-state index contributed by atoms with van der Waals surface area (Å²) in [6.45, 7) is 2.61. The molecule has 0 unspecified atom stereocenters. The second-order valence-electron chi connectivity index (χ2n) is 4.71. The number of nitrogens with one attached hydrogen (secondary N) is 1. The Morgan fingerprint density at radius 1 is 1.38 bits per heavy atom. The van der Waals surface area contributed by atoms with Gasteiger partial charge in [0.05, 0.1) is 17.6 Å². The van der Waals surface area contributed by atoms with Gasteiger partial charge >= 0.3 is 5.97 Å². The molecule has 0 aliphatic heterocycles. The Labute approximate surface area is 128 Å². The number of hydrogen-bond donors (Lipinski definition) is 2. The van der Waals surface area contributed by atoms with Crippen molar-refractivity contribution in [2.45, 2.75) is 37.8 Å². The van der Waals surface area contributed by atoms with E-state index in [4.69, 9.17) is 9.84 Å². The van der Waals surface area contributed by atoms with Crippen LogP contribution in [0.5, 0.6) is 5.75 Å². The average molecular weight is 308 g/mol. The molecule has 5 nitrogen and oxygen atoms in total. The first-order chi connectivity index (χ1) is 10.2. The predicted octanol–water partition coefficient (Wildman–Crippen LogP) is 3.70. The first-order valence-electron chi connectivity index (χ1n) is 7.16. The van der Waals surface area contributed by atoms with Crippen LogP contribution in [0, 0.1) is 0 Å². The fourth-order valence-corrected chi connectivity index (χ4v) is 2.90. The molecule has 1 heterocycles. The Bertz CT molecular complexity index is 598. The number of carboxylic acids is 1. The van der Waals surface area contributed by atoms with Gasteiger partial charge in [0.25, 0.3) is 0 Å². The Hall–Kier alpha value is -1.69. The van der Waals surface area contributed by atoms with Crippen LogP contribution < -0.4 is 4.74 Å². The van der Waals surface area contributed by atoms with E-state index in [2.05, 4.69) is 9.97 Å². The van der Waals surface area contributed by atoms with Crippen LogP contribution in [-0.4, -0.2) is 33.4 Å². The molecule has 0 fully saturated rings. The molecule has 2 N–H and O–H groups in total. The maximum Gasteiger partial charge on any atom is 0.303 e. The van der Waals surface area contributed by atoms with Crippen molar-refractivity contribution in [3.63, 3.8) is 0 Å². The molecule has 0 aliphatic carbocycles. The summed E-state index contributed by atoms with van der Waals surface area (Å²) < 4.78 is 5.47. The number of imidazole rings is 1. The number of thioether (sulfide) groups is 1. The van der Waals surface area contributed by atoms with Crippen LogP contribution >= 0.6 is 11.8 Å². The van der Waals surface area contributed by atoms with E-state index in [-0.39, 0.29) is 6.42 Å². The molecule has 0 saturated heterocycles. The van der Waals surface area contributed by atoms with E-state index < -0.39 is 5.97 Å². The van der Waals surface area contributed by atoms with Crippen LogP contribution in [-0.2, 0) is 4.79 Å². The van der Waals surface area contributed by atoms with Crippen molar-refractivity contribution < 1.29 is 14.6 Å². The molecule has 0 aliphatic rings. The van der Waals surface area contributed by atoms with E-state index in [9.17, 15) is 4.79 Å². The third-order valence-electron chi connectivity index (χ3n) is 3.02. The summed E-state index contributed by atoms with van der Waals surface area (Å²) in [6.07, 6.45) is 2.94. The SMILES string of the molecule is CCOc1ccc2nc(SCCCCCC(=O)O)[nH]c2c1. The molecule has 1 aromatic carbocycles. The number of carbonyl (C=O) groups is 1. The summed E-state index contributed by atoms with van der Waals surface area (Å²) in [7, 11) is 0. The van der Waals surface area contributed by atoms with Crippen molar-refractivity contribution in [3.05, 3.63) is 18.2 Å². The van der Waals surface area contributed by atoms with Crippen LogP contribution in [0.3, 0.4) is 0 Å². The van der Waals surface area contributed by atoms with Crippen molar-refractivity contribution in [2.24, 2.45) is 0 Å². The van der Waals surface area contributed by atoms with Crippen LogP contribution in [0.4, 0.5) is 0 Å². The van der Waals surface area contributed by atoms with Gasteiger partial charge in [0.15, 0.2) is 5.16 Å². The molecule has 0 amide bonds. The van der Waals surface area contributed by atoms with Gasteiger partial charge in [0.1, 0.15) is 5.75 Å². The molecule has 2 aromatic rings. The number of benzene rings is 1. The summed E-state index contributed by atoms with van der Waals surface area (Å²) in [4.78, 5) is 18.2. The number of hydrogen-bond acceptors (Lipinski definition) is 4. The van der Waals surface area contributed by atoms with Crippen molar-refractivity contribution in [1.29, 1.82) is 0 Å². The second kappa shape index (κ2) is 7.93. The minimum absolute atomic E-state index is 0.259. The standard InChI is InChI=1S/C15H20N2O3S/c1-2-20-11-7-8-12-13(10-11)17-15(16-12)21-9-5-3-4-6-14(18)19/h7-8,10H,2-6,9H2,1H3,(H,16,17)(H,18,19). The van der Waals surface area contributed by atoms with Gasteiger partial charge in [-0.15, -0.1) is 0 Å². The van der Waals surface area contributed by atoms with Crippen molar-refractivity contribution in [2.75, 3.05) is 12.4 Å². The number of nitrogens with zero attached hydrogens (tertiary/aromatic N) is 1. The number of unbranched alkanes of at least 4 members (excludes halogenated alkanes) is 2. The van der Waals surface area contributed by atoms with Gasteiger partial charge in [0, 0.05) is 18.2 Å². The van der Waals surface area contributed by atoms with Crippen LogP contribution in [0.15, 0.2) is 23.4 Å². The smallest absolute Gasteiger partial charge is 0.303 e. The summed E-state index contributed by atoms with van der Waals surface area (Å²) in [5.41, 5.74) is 1.92. The zero-order valence-corrected chi connectivity index (χ0v) is 12.9. The van der Waals surface area contributed by atoms with Crippen molar-refractivity contribution >= 4 is 28.8 Å². The molecule has 6 heteroatoms. The Morgan fingerprint density at radius 3 is 3.00 bits per heavy atom. The summed E-state index contributed by atoms with van der Waals surface area (Å²) in [5.74, 6) is 1.07. The molecule has 0 spiro atoms. The maximum absolute atomic E-state index is 10.4. The minimum atomic E-state index is -0.718. The van der Waals surface area contributed by atoms with Gasteiger partial charge in [-0.1, -0.05) is 18.2 Å². The number of ether oxygens (including phenoxy) is 1. The largest absolute Gasteiger partial charge is 0.494 e. The number of aromatic amines is 1. The topological polar surface area (TPSA) is 75.2 Å². The number of aliphatic carboxylic acids is 1. The molecular formula is C15H20N2O3S. The zero-order chi connectivity index (χ0) is 15.1. The number of aromatic nitrogens is 2. The Kier molecular flexibility index (Phi) is 5.92. The third-order valence-corrected chi connectivity index (χ3v) is 3.98. The molecule has 0 atom stereocenters. The maximum atomic E-state index is 10.4. The Morgan fingerprint density at radius 2 is 2.24 bits per heavy atom. The van der Waals surface area contributed by atoms with E-state index in [1.54, 1.807) is 11.8 Å². The van der Waals surface area contributed by atoms with Crippen LogP contribution in [0.1, 0.15) is 32.6 Å². The highest BCUT2D eigenvalue weighted by molar-refractivity contribution is 7.99. The minimum Gasteiger partial charge on any atom is -0.494 e. The first-order valence-corrected chi connectivity index (χ1v) is 8.14. The highest BCUT2D eigenvalue weighted by Crippen LogP contribution is 2.24. The highest BCUT2D eigenvalue weighted by Gasteiger charge is 2.05. The lowest BCUT2D eigenvalue weighted by Crippen LogP contribution is -1.93. The number of fused-ring (bicyclic) bond motifs is 1. The molecule has 0 radical (unpaired) electrons. The summed E-state index contributed by atoms with van der Waals surface area (Å²) in [5, 5.41) is 9.46. The number of H-pyrrole nitrogens is 1. The molecule has 21 heavy (non-hydrogen) atoms. The van der Waals surface area contributed by atoms with E-state index in [1.165, 1.54) is 0 Å². The van der Waals surface area contributed by atoms with E-state index in [0.29, 0.717) is 6.61 Å². The molecule has 1 aromatic heterocycles. The molecule has 114 valence electrons. The lowest BCUT2D eigenvalue weighted by Gasteiger charge is -2.00. The van der Waals surface area contributed by atoms with Gasteiger partial charge in [-0.25, -0.2) is 4.98 Å². The van der Waals surface area contributed by atoms with Crippen molar-refractivity contribution in [3.8, 4) is 5.75 Å². The third kappa shape index (κ3) is 4.97. The quantitative estimate of drug-likeness (QED) is 0.546. The van der Waals surface area contributed by atoms with Gasteiger partial charge in [-0.05, 0) is 31.9 Å². The molecular weight excluding hydrogens is 288 g/mol. The fourth-order valence-electron chi connectivity index (χ4n) is 2.01. The number of carboxylic acid groups (broad SMARTS) is 1. The van der Waals surface area contributed by atoms with Crippen LogP contribution in [0.2, 0.25) is 0 Å². The normalized spacial score (nSPS) is 10.9. The average Bonchev–Trinajstić information content (AvgIpc) is 2.84. The first kappa shape index (κ1) is 15.7. The second-order valence-corrected chi connectivity index (χ2v) is 5.79. The summed E-state index contributed by atoms with van der Waals surface area (Å²) >= 11 is 1.67. The van der Waals surface area contributed by atoms with E-state index in [1.807, 2.05) is 25.1 Å². The number of rotatable bonds is 9. The molecule has 2 rings (SSSR count). The molecule has 0 bridgehead atoms. The lowest BCUT2D eigenvalue weighted by molar-refractivity contribution is -0.137. The highest BCUT2D eigenvalue weighted by atomic mass is 32.2. The lowest BCUT2D eigenvalue weighted by atomic mass is 10.2. The van der Waals surface area contributed by atoms with Gasteiger partial charge < -0.3 is 14.8 Å². The van der Waals surface area contributed by atoms with Gasteiger partial charge in [-0.2, -0.15) is 0 Å².